The monoisotopic (exact) mass is 332 g/mol. The van der Waals surface area contributed by atoms with Crippen molar-refractivity contribution in [1.82, 2.24) is 9.97 Å². The smallest absolute Gasteiger partial charge is 0.308 e. The van der Waals surface area contributed by atoms with Gasteiger partial charge in [-0.1, -0.05) is 29.3 Å². The van der Waals surface area contributed by atoms with Crippen molar-refractivity contribution >= 4 is 51.4 Å². The summed E-state index contributed by atoms with van der Waals surface area (Å²) in [5, 5.41) is 7.80. The molecule has 0 radical (unpaired) electrons. The first-order valence-corrected chi connectivity index (χ1v) is 7.11. The quantitative estimate of drug-likeness (QED) is 0.675. The van der Waals surface area contributed by atoms with Crippen LogP contribution in [-0.4, -0.2) is 16.0 Å². The van der Waals surface area contributed by atoms with E-state index in [9.17, 15) is 4.79 Å². The number of pyridine rings is 2. The standard InChI is InChI=1S/C15H10Cl2N4O/c16-13-6-12(7-14(17)21-13)20-15(22)19-11-2-1-10-8-18-4-3-9(10)5-11/h1-8H,(H2,19,20,21,22). The van der Waals surface area contributed by atoms with Gasteiger partial charge < -0.3 is 10.6 Å². The number of amides is 2. The van der Waals surface area contributed by atoms with Gasteiger partial charge in [0.15, 0.2) is 0 Å². The molecule has 22 heavy (non-hydrogen) atoms. The highest BCUT2D eigenvalue weighted by molar-refractivity contribution is 6.33. The SMILES string of the molecule is O=C(Nc1cc(Cl)nc(Cl)c1)Nc1ccc2cnccc2c1. The number of nitrogens with zero attached hydrogens (tertiary/aromatic N) is 2. The summed E-state index contributed by atoms with van der Waals surface area (Å²) in [5.74, 6) is 0. The zero-order valence-electron chi connectivity index (χ0n) is 11.2. The van der Waals surface area contributed by atoms with Crippen LogP contribution in [0, 0.1) is 0 Å². The molecule has 0 aliphatic carbocycles. The van der Waals surface area contributed by atoms with Gasteiger partial charge >= 0.3 is 6.03 Å². The van der Waals surface area contributed by atoms with E-state index in [0.717, 1.165) is 10.8 Å². The molecule has 0 aliphatic rings. The van der Waals surface area contributed by atoms with E-state index in [1.165, 1.54) is 12.1 Å². The predicted molar refractivity (Wildman–Crippen MR) is 88.6 cm³/mol. The fourth-order valence-electron chi connectivity index (χ4n) is 1.99. The van der Waals surface area contributed by atoms with E-state index < -0.39 is 6.03 Å². The van der Waals surface area contributed by atoms with Gasteiger partial charge in [-0.3, -0.25) is 4.98 Å². The lowest BCUT2D eigenvalue weighted by molar-refractivity contribution is 0.262. The number of halogens is 2. The van der Waals surface area contributed by atoms with Crippen LogP contribution in [0.3, 0.4) is 0 Å². The third kappa shape index (κ3) is 3.44. The molecule has 0 saturated heterocycles. The highest BCUT2D eigenvalue weighted by atomic mass is 35.5. The maximum atomic E-state index is 12.0. The summed E-state index contributed by atoms with van der Waals surface area (Å²) >= 11 is 11.6. The van der Waals surface area contributed by atoms with Crippen molar-refractivity contribution in [3.05, 3.63) is 59.1 Å². The van der Waals surface area contributed by atoms with Gasteiger partial charge in [0.1, 0.15) is 10.3 Å². The van der Waals surface area contributed by atoms with Crippen molar-refractivity contribution in [3.8, 4) is 0 Å². The number of benzene rings is 1. The molecule has 110 valence electrons. The first-order valence-electron chi connectivity index (χ1n) is 6.35. The maximum Gasteiger partial charge on any atom is 0.323 e. The van der Waals surface area contributed by atoms with Crippen molar-refractivity contribution < 1.29 is 4.79 Å². The average molecular weight is 333 g/mol. The summed E-state index contributed by atoms with van der Waals surface area (Å²) < 4.78 is 0. The predicted octanol–water partition coefficient (Wildman–Crippen LogP) is 4.58. The molecule has 0 unspecified atom stereocenters. The second-order valence-electron chi connectivity index (χ2n) is 4.52. The Morgan fingerprint density at radius 2 is 1.64 bits per heavy atom. The Kier molecular flexibility index (Phi) is 4.09. The van der Waals surface area contributed by atoms with Crippen LogP contribution in [0.15, 0.2) is 48.8 Å². The van der Waals surface area contributed by atoms with Crippen LogP contribution < -0.4 is 10.6 Å². The highest BCUT2D eigenvalue weighted by Crippen LogP contribution is 2.20. The highest BCUT2D eigenvalue weighted by Gasteiger charge is 2.06. The average Bonchev–Trinajstić information content (AvgIpc) is 2.45. The topological polar surface area (TPSA) is 66.9 Å². The Morgan fingerprint density at radius 1 is 0.909 bits per heavy atom. The van der Waals surface area contributed by atoms with E-state index in [1.54, 1.807) is 18.5 Å². The third-order valence-corrected chi connectivity index (χ3v) is 3.31. The summed E-state index contributed by atoms with van der Waals surface area (Å²) in [6.07, 6.45) is 3.47. The van der Waals surface area contributed by atoms with E-state index in [4.69, 9.17) is 23.2 Å². The molecule has 2 amide bonds. The molecule has 0 saturated carbocycles. The minimum atomic E-state index is -0.397. The zero-order valence-corrected chi connectivity index (χ0v) is 12.7. The molecule has 7 heteroatoms. The van der Waals surface area contributed by atoms with Gasteiger partial charge in [0, 0.05) is 29.2 Å². The molecule has 0 bridgehead atoms. The number of carbonyl (C=O) groups is 1. The minimum absolute atomic E-state index is 0.209. The van der Waals surface area contributed by atoms with Gasteiger partial charge in [0.2, 0.25) is 0 Å². The molecule has 0 aliphatic heterocycles. The summed E-state index contributed by atoms with van der Waals surface area (Å²) in [4.78, 5) is 19.9. The molecule has 0 atom stereocenters. The molecule has 3 aromatic rings. The summed E-state index contributed by atoms with van der Waals surface area (Å²) in [6.45, 7) is 0. The number of nitrogens with one attached hydrogen (secondary N) is 2. The first kappa shape index (κ1) is 14.6. The van der Waals surface area contributed by atoms with Crippen LogP contribution in [0.1, 0.15) is 0 Å². The number of hydrogen-bond donors (Lipinski definition) is 2. The number of anilines is 2. The lowest BCUT2D eigenvalue weighted by atomic mass is 10.1. The number of rotatable bonds is 2. The van der Waals surface area contributed by atoms with Crippen LogP contribution in [-0.2, 0) is 0 Å². The Labute approximate surface area is 136 Å². The molecule has 2 aromatic heterocycles. The van der Waals surface area contributed by atoms with Crippen LogP contribution >= 0.6 is 23.2 Å². The lowest BCUT2D eigenvalue weighted by Gasteiger charge is -2.09. The molecule has 2 N–H and O–H groups in total. The van der Waals surface area contributed by atoms with E-state index in [0.29, 0.717) is 11.4 Å². The molecular weight excluding hydrogens is 323 g/mol. The fourth-order valence-corrected chi connectivity index (χ4v) is 2.45. The Morgan fingerprint density at radius 3 is 2.41 bits per heavy atom. The van der Waals surface area contributed by atoms with Crippen molar-refractivity contribution in [2.45, 2.75) is 0 Å². The largest absolute Gasteiger partial charge is 0.323 e. The Bertz CT molecular complexity index is 834. The van der Waals surface area contributed by atoms with Crippen molar-refractivity contribution in [3.63, 3.8) is 0 Å². The number of urea groups is 1. The van der Waals surface area contributed by atoms with Gasteiger partial charge in [0.25, 0.3) is 0 Å². The summed E-state index contributed by atoms with van der Waals surface area (Å²) in [7, 11) is 0. The number of fused-ring (bicyclic) bond motifs is 1. The second-order valence-corrected chi connectivity index (χ2v) is 5.29. The molecule has 3 rings (SSSR count). The van der Waals surface area contributed by atoms with E-state index in [1.807, 2.05) is 18.2 Å². The molecular formula is C15H10Cl2N4O. The number of hydrogen-bond acceptors (Lipinski definition) is 3. The molecule has 5 nitrogen and oxygen atoms in total. The molecule has 0 fully saturated rings. The van der Waals surface area contributed by atoms with Gasteiger partial charge in [0.05, 0.1) is 0 Å². The molecule has 0 spiro atoms. The first-order chi connectivity index (χ1) is 10.6. The zero-order chi connectivity index (χ0) is 15.5. The van der Waals surface area contributed by atoms with Crippen molar-refractivity contribution in [2.75, 3.05) is 10.6 Å². The van der Waals surface area contributed by atoms with E-state index >= 15 is 0 Å². The van der Waals surface area contributed by atoms with Crippen LogP contribution in [0.5, 0.6) is 0 Å². The van der Waals surface area contributed by atoms with E-state index in [2.05, 4.69) is 20.6 Å². The minimum Gasteiger partial charge on any atom is -0.308 e. The van der Waals surface area contributed by atoms with Gasteiger partial charge in [-0.25, -0.2) is 9.78 Å². The molecule has 2 heterocycles. The van der Waals surface area contributed by atoms with Gasteiger partial charge in [-0.2, -0.15) is 0 Å². The number of aromatic nitrogens is 2. The number of carbonyl (C=O) groups excluding carboxylic acids is 1. The normalized spacial score (nSPS) is 10.5. The molecule has 1 aromatic carbocycles. The Hall–Kier alpha value is -2.37. The van der Waals surface area contributed by atoms with Crippen LogP contribution in [0.4, 0.5) is 16.2 Å². The van der Waals surface area contributed by atoms with Crippen molar-refractivity contribution in [2.24, 2.45) is 0 Å². The maximum absolute atomic E-state index is 12.0. The van der Waals surface area contributed by atoms with Crippen LogP contribution in [0.2, 0.25) is 10.3 Å². The second kappa shape index (κ2) is 6.17. The Balaban J connectivity index is 1.75. The van der Waals surface area contributed by atoms with Gasteiger partial charge in [-0.05, 0) is 35.7 Å². The lowest BCUT2D eigenvalue weighted by Crippen LogP contribution is -2.19. The summed E-state index contributed by atoms with van der Waals surface area (Å²) in [5.41, 5.74) is 1.13. The third-order valence-electron chi connectivity index (χ3n) is 2.92. The van der Waals surface area contributed by atoms with Crippen molar-refractivity contribution in [1.29, 1.82) is 0 Å². The van der Waals surface area contributed by atoms with Gasteiger partial charge in [-0.15, -0.1) is 0 Å². The van der Waals surface area contributed by atoms with E-state index in [-0.39, 0.29) is 10.3 Å². The fraction of sp³-hybridized carbons (Fsp3) is 0. The van der Waals surface area contributed by atoms with Crippen LogP contribution in [0.25, 0.3) is 10.8 Å². The summed E-state index contributed by atoms with van der Waals surface area (Å²) in [6, 6.07) is 10.1.